The summed E-state index contributed by atoms with van der Waals surface area (Å²) >= 11 is 1.52. The zero-order chi connectivity index (χ0) is 41.1. The summed E-state index contributed by atoms with van der Waals surface area (Å²) in [5.41, 5.74) is 7.83. The van der Waals surface area contributed by atoms with Crippen LogP contribution in [-0.2, 0) is 24.4 Å². The molecule has 14 nitrogen and oxygen atoms in total. The number of H-pyrrole nitrogens is 1. The van der Waals surface area contributed by atoms with Crippen LogP contribution in [0.1, 0.15) is 76.0 Å². The number of pyridine rings is 2. The molecule has 0 spiro atoms. The molecule has 0 bridgehead atoms. The predicted molar refractivity (Wildman–Crippen MR) is 223 cm³/mol. The Bertz CT molecular complexity index is 2220. The van der Waals surface area contributed by atoms with E-state index in [-0.39, 0.29) is 41.0 Å². The number of likely N-dealkylation sites (tertiary alicyclic amines) is 1. The molecule has 7 rings (SSSR count). The van der Waals surface area contributed by atoms with E-state index < -0.39 is 22.0 Å². The van der Waals surface area contributed by atoms with Crippen LogP contribution in [0.15, 0.2) is 64.9 Å². The first-order valence-corrected chi connectivity index (χ1v) is 21.8. The minimum Gasteiger partial charge on any atom is -0.496 e. The standard InChI is InChI=1S/C15H14N2O2S.C14H23NO3S.C12H16N4O2/c1-8-7-20-15(16-8)12-6-11-9(2)13(19-3)5-4-10(11)14(18)17-12;1-2-3-4-5-6-7-11-10-13(11)14(16)15-19(17,18)12-8-9-12;13-12(18)9-4-3-7-16(9)11(17)8-15-10-5-1-2-6-14-10/h4-7H,1-3H3,(H,17,18);6-7,11-13H,2-5,8-10H2,1H3,(H,15,16);1-2,5-6,9H,3-4,7-8H2,(H2,13,18)(H,14,15)/b;7-6-;/t;11?,13-;9-/m.00/s1. The monoisotopic (exact) mass is 819 g/mol. The number of allylic oxidation sites excluding steroid dienone is 2. The highest BCUT2D eigenvalue weighted by Crippen LogP contribution is 2.40. The molecular weight excluding hydrogens is 767 g/mol. The molecule has 1 saturated heterocycles. The maximum Gasteiger partial charge on any atom is 0.256 e. The number of primary amides is 1. The number of hydrogen-bond acceptors (Lipinski definition) is 11. The Kier molecular flexibility index (Phi) is 15.0. The molecule has 2 aliphatic carbocycles. The number of methoxy groups -OCH3 is 1. The van der Waals surface area contributed by atoms with Crippen LogP contribution in [-0.4, -0.2) is 77.5 Å². The van der Waals surface area contributed by atoms with Gasteiger partial charge < -0.3 is 25.7 Å². The molecule has 2 saturated carbocycles. The fraction of sp³-hybridized carbons (Fsp3) is 0.463. The number of ether oxygens (including phenoxy) is 1. The fourth-order valence-corrected chi connectivity index (χ4v) is 8.69. The van der Waals surface area contributed by atoms with Gasteiger partial charge in [0.25, 0.3) is 5.56 Å². The number of fused-ring (bicyclic) bond motifs is 1. The van der Waals surface area contributed by atoms with E-state index in [0.29, 0.717) is 37.0 Å². The summed E-state index contributed by atoms with van der Waals surface area (Å²) in [6.45, 7) is 6.79. The zero-order valence-electron chi connectivity index (χ0n) is 33.0. The molecule has 306 valence electrons. The largest absolute Gasteiger partial charge is 0.496 e. The molecule has 16 heteroatoms. The van der Waals surface area contributed by atoms with Crippen molar-refractivity contribution in [3.8, 4) is 16.5 Å². The van der Waals surface area contributed by atoms with E-state index in [0.717, 1.165) is 52.4 Å². The Balaban J connectivity index is 0.000000163. The number of amides is 3. The van der Waals surface area contributed by atoms with Gasteiger partial charge in [0.05, 0.1) is 24.6 Å². The fourth-order valence-electron chi connectivity index (χ4n) is 6.56. The molecule has 1 aliphatic heterocycles. The summed E-state index contributed by atoms with van der Waals surface area (Å²) in [5, 5.41) is 6.96. The van der Waals surface area contributed by atoms with Crippen molar-refractivity contribution in [2.24, 2.45) is 17.6 Å². The summed E-state index contributed by atoms with van der Waals surface area (Å²) in [6.07, 6.45) is 14.2. The molecule has 57 heavy (non-hydrogen) atoms. The number of benzene rings is 1. The molecule has 1 unspecified atom stereocenters. The average Bonchev–Trinajstić information content (AvgIpc) is 4.10. The van der Waals surface area contributed by atoms with Crippen molar-refractivity contribution in [1.82, 2.24) is 24.6 Å². The molecular formula is C41H53N7O7S2. The highest BCUT2D eigenvalue weighted by atomic mass is 32.2. The molecule has 4 aromatic rings. The van der Waals surface area contributed by atoms with Gasteiger partial charge in [0, 0.05) is 35.1 Å². The minimum atomic E-state index is -3.37. The molecule has 4 heterocycles. The van der Waals surface area contributed by atoms with E-state index in [2.05, 4.69) is 44.1 Å². The number of aromatic nitrogens is 3. The number of nitrogens with zero attached hydrogens (tertiary/aromatic N) is 3. The molecule has 3 aromatic heterocycles. The second kappa shape index (κ2) is 19.9. The maximum absolute atomic E-state index is 12.2. The van der Waals surface area contributed by atoms with Gasteiger partial charge in [-0.3, -0.25) is 23.9 Å². The molecule has 3 amide bonds. The van der Waals surface area contributed by atoms with Crippen molar-refractivity contribution in [2.75, 3.05) is 25.5 Å². The number of carbonyl (C=O) groups excluding carboxylic acids is 3. The molecule has 3 aliphatic rings. The number of thiazole rings is 1. The minimum absolute atomic E-state index is 0.101. The summed E-state index contributed by atoms with van der Waals surface area (Å²) in [4.78, 5) is 60.0. The molecule has 3 fully saturated rings. The Morgan fingerprint density at radius 2 is 1.89 bits per heavy atom. The van der Waals surface area contributed by atoms with Crippen molar-refractivity contribution >= 4 is 55.7 Å². The lowest BCUT2D eigenvalue weighted by Crippen LogP contribution is -2.45. The number of hydrogen-bond donors (Lipinski definition) is 4. The van der Waals surface area contributed by atoms with Crippen LogP contribution >= 0.6 is 11.3 Å². The van der Waals surface area contributed by atoms with Crippen LogP contribution < -0.4 is 26.1 Å². The van der Waals surface area contributed by atoms with Crippen molar-refractivity contribution in [2.45, 2.75) is 89.9 Å². The first-order valence-electron chi connectivity index (χ1n) is 19.4. The van der Waals surface area contributed by atoms with Crippen molar-refractivity contribution < 1.29 is 27.5 Å². The van der Waals surface area contributed by atoms with Crippen molar-refractivity contribution in [3.63, 3.8) is 0 Å². The highest BCUT2D eigenvalue weighted by Gasteiger charge is 2.45. The van der Waals surface area contributed by atoms with E-state index >= 15 is 0 Å². The first-order chi connectivity index (χ1) is 27.3. The first kappa shape index (κ1) is 43.0. The van der Waals surface area contributed by atoms with Crippen LogP contribution in [0.2, 0.25) is 0 Å². The number of rotatable bonds is 14. The second-order valence-electron chi connectivity index (χ2n) is 14.5. The third kappa shape index (κ3) is 12.0. The van der Waals surface area contributed by atoms with Gasteiger partial charge in [0.15, 0.2) is 0 Å². The Morgan fingerprint density at radius 3 is 2.54 bits per heavy atom. The third-order valence-electron chi connectivity index (χ3n) is 10.0. The van der Waals surface area contributed by atoms with E-state index in [1.807, 2.05) is 37.4 Å². The molecule has 0 radical (unpaired) electrons. The average molecular weight is 820 g/mol. The summed E-state index contributed by atoms with van der Waals surface area (Å²) in [7, 11) is -1.74. The quantitative estimate of drug-likeness (QED) is 0.0913. The van der Waals surface area contributed by atoms with E-state index in [1.165, 1.54) is 35.5 Å². The summed E-state index contributed by atoms with van der Waals surface area (Å²) < 4.78 is 30.8. The van der Waals surface area contributed by atoms with Gasteiger partial charge >= 0.3 is 0 Å². The number of aromatic amines is 1. The van der Waals surface area contributed by atoms with E-state index in [4.69, 9.17) is 10.5 Å². The van der Waals surface area contributed by atoms with Gasteiger partial charge in [-0.15, -0.1) is 11.3 Å². The maximum atomic E-state index is 12.2. The second-order valence-corrected chi connectivity index (χ2v) is 17.3. The number of sulfonamides is 1. The normalized spacial score (nSPS) is 18.6. The lowest BCUT2D eigenvalue weighted by molar-refractivity contribution is -0.135. The number of nitrogens with two attached hydrogens (primary N) is 1. The number of aryl methyl sites for hydroxylation is 2. The number of unbranched alkanes of at least 4 members (excludes halogenated alkanes) is 3. The number of nitrogens with one attached hydrogen (secondary N) is 3. The highest BCUT2D eigenvalue weighted by molar-refractivity contribution is 7.90. The predicted octanol–water partition coefficient (Wildman–Crippen LogP) is 5.61. The third-order valence-corrected chi connectivity index (χ3v) is 12.9. The summed E-state index contributed by atoms with van der Waals surface area (Å²) in [5.74, 6) is 0.674. The van der Waals surface area contributed by atoms with Gasteiger partial charge in [0.2, 0.25) is 27.7 Å². The molecule has 1 aromatic carbocycles. The van der Waals surface area contributed by atoms with E-state index in [1.54, 1.807) is 31.5 Å². The Labute approximate surface area is 337 Å². The van der Waals surface area contributed by atoms with Gasteiger partial charge in [-0.05, 0) is 106 Å². The van der Waals surface area contributed by atoms with Gasteiger partial charge in [-0.2, -0.15) is 0 Å². The van der Waals surface area contributed by atoms with Gasteiger partial charge in [0.1, 0.15) is 22.6 Å². The smallest absolute Gasteiger partial charge is 0.256 e. The molecule has 5 N–H and O–H groups in total. The van der Waals surface area contributed by atoms with Crippen molar-refractivity contribution in [3.05, 3.63) is 81.7 Å². The Morgan fingerprint density at radius 1 is 1.11 bits per heavy atom. The van der Waals surface area contributed by atoms with Gasteiger partial charge in [-0.25, -0.2) is 18.4 Å². The topological polar surface area (TPSA) is 207 Å². The van der Waals surface area contributed by atoms with Crippen LogP contribution in [0.3, 0.4) is 0 Å². The van der Waals surface area contributed by atoms with E-state index in [9.17, 15) is 27.6 Å². The summed E-state index contributed by atoms with van der Waals surface area (Å²) in [6, 6.07) is 10.5. The van der Waals surface area contributed by atoms with Gasteiger partial charge in [-0.1, -0.05) is 38.0 Å². The Hall–Kier alpha value is -5.09. The lowest BCUT2D eigenvalue weighted by Gasteiger charge is -2.22. The number of carbonyl (C=O) groups is 3. The van der Waals surface area contributed by atoms with Crippen LogP contribution in [0.25, 0.3) is 21.5 Å². The van der Waals surface area contributed by atoms with Crippen LogP contribution in [0.5, 0.6) is 5.75 Å². The SMILES string of the molecule is CCCCC/C=C\C1C[C@@H]1C(=O)NS(=O)(=O)C1CC1.COc1ccc2c(=O)[nH]c(-c3nc(C)cs3)cc2c1C.NC(=O)[C@@H]1CCCN1C(=O)CNc1ccccn1. The van der Waals surface area contributed by atoms with Crippen LogP contribution in [0.4, 0.5) is 5.82 Å². The number of anilines is 1. The zero-order valence-corrected chi connectivity index (χ0v) is 34.6. The van der Waals surface area contributed by atoms with Crippen molar-refractivity contribution in [1.29, 1.82) is 0 Å². The van der Waals surface area contributed by atoms with Crippen LogP contribution in [0, 0.1) is 25.7 Å². The molecule has 3 atom stereocenters. The lowest BCUT2D eigenvalue weighted by atomic mass is 10.1.